The van der Waals surface area contributed by atoms with Crippen LogP contribution < -0.4 is 10.6 Å². The molecule has 6 nitrogen and oxygen atoms in total. The number of aliphatic hydroxyl groups is 1. The number of anilines is 1. The van der Waals surface area contributed by atoms with E-state index in [1.54, 1.807) is 36.7 Å². The van der Waals surface area contributed by atoms with Crippen molar-refractivity contribution in [3.8, 4) is 0 Å². The quantitative estimate of drug-likeness (QED) is 0.790. The Morgan fingerprint density at radius 3 is 2.50 bits per heavy atom. The Kier molecular flexibility index (Phi) is 5.68. The number of amides is 2. The van der Waals surface area contributed by atoms with E-state index in [9.17, 15) is 9.90 Å². The fourth-order valence-corrected chi connectivity index (χ4v) is 1.90. The number of rotatable bonds is 5. The minimum atomic E-state index is -0.804. The lowest BCUT2D eigenvalue weighted by molar-refractivity contribution is 0.175. The van der Waals surface area contributed by atoms with E-state index in [0.29, 0.717) is 22.1 Å². The second kappa shape index (κ2) is 7.72. The molecule has 0 aliphatic carbocycles. The molecular formula is C15H17ClN4O2. The van der Waals surface area contributed by atoms with E-state index < -0.39 is 12.1 Å². The van der Waals surface area contributed by atoms with Gasteiger partial charge in [0.1, 0.15) is 5.82 Å². The van der Waals surface area contributed by atoms with E-state index in [2.05, 4.69) is 20.6 Å². The van der Waals surface area contributed by atoms with Crippen LogP contribution in [0.15, 0.2) is 36.7 Å². The number of aliphatic hydroxyl groups excluding tert-OH is 1. The topological polar surface area (TPSA) is 87.1 Å². The highest BCUT2D eigenvalue weighted by Crippen LogP contribution is 2.15. The van der Waals surface area contributed by atoms with E-state index in [-0.39, 0.29) is 6.54 Å². The summed E-state index contributed by atoms with van der Waals surface area (Å²) in [5.41, 5.74) is 1.18. The molecule has 0 saturated heterocycles. The van der Waals surface area contributed by atoms with Crippen LogP contribution in [0.4, 0.5) is 10.5 Å². The molecule has 1 unspecified atom stereocenters. The predicted molar refractivity (Wildman–Crippen MR) is 84.8 cm³/mol. The first-order chi connectivity index (χ1) is 10.6. The molecule has 2 aromatic rings. The monoisotopic (exact) mass is 320 g/mol. The Balaban J connectivity index is 1.82. The molecule has 0 saturated carbocycles. The molecule has 7 heteroatoms. The first-order valence-corrected chi connectivity index (χ1v) is 7.25. The molecule has 0 aliphatic heterocycles. The molecule has 22 heavy (non-hydrogen) atoms. The van der Waals surface area contributed by atoms with Gasteiger partial charge in [-0.15, -0.1) is 0 Å². The maximum absolute atomic E-state index is 11.7. The highest BCUT2D eigenvalue weighted by molar-refractivity contribution is 6.30. The van der Waals surface area contributed by atoms with Gasteiger partial charge in [0, 0.05) is 18.0 Å². The molecule has 3 N–H and O–H groups in total. The normalized spacial score (nSPS) is 11.8. The number of carbonyl (C=O) groups excluding carboxylic acids is 1. The van der Waals surface area contributed by atoms with Gasteiger partial charge in [-0.05, 0) is 17.7 Å². The van der Waals surface area contributed by atoms with Crippen molar-refractivity contribution in [2.24, 2.45) is 0 Å². The van der Waals surface area contributed by atoms with Crippen LogP contribution in [0.3, 0.4) is 0 Å². The fourth-order valence-electron chi connectivity index (χ4n) is 1.77. The Morgan fingerprint density at radius 1 is 1.27 bits per heavy atom. The SMILES string of the molecule is CCc1ncc(NC(=O)NCC(O)c2ccc(Cl)cc2)cn1. The van der Waals surface area contributed by atoms with Gasteiger partial charge >= 0.3 is 6.03 Å². The molecule has 0 fully saturated rings. The summed E-state index contributed by atoms with van der Waals surface area (Å²) in [4.78, 5) is 19.9. The van der Waals surface area contributed by atoms with Gasteiger partial charge < -0.3 is 15.7 Å². The van der Waals surface area contributed by atoms with Gasteiger partial charge in [-0.2, -0.15) is 0 Å². The van der Waals surface area contributed by atoms with Crippen molar-refractivity contribution < 1.29 is 9.90 Å². The van der Waals surface area contributed by atoms with Crippen LogP contribution in [0.5, 0.6) is 0 Å². The molecule has 0 spiro atoms. The molecule has 116 valence electrons. The van der Waals surface area contributed by atoms with Crippen LogP contribution >= 0.6 is 11.6 Å². The molecule has 2 amide bonds. The number of nitrogens with zero attached hydrogens (tertiary/aromatic N) is 2. The van der Waals surface area contributed by atoms with Crippen molar-refractivity contribution in [3.63, 3.8) is 0 Å². The third-order valence-electron chi connectivity index (χ3n) is 2.99. The van der Waals surface area contributed by atoms with E-state index in [1.165, 1.54) is 0 Å². The highest BCUT2D eigenvalue weighted by Gasteiger charge is 2.09. The van der Waals surface area contributed by atoms with Gasteiger partial charge in [-0.1, -0.05) is 30.7 Å². The van der Waals surface area contributed by atoms with Crippen LogP contribution in [-0.4, -0.2) is 27.7 Å². The molecule has 1 heterocycles. The summed E-state index contributed by atoms with van der Waals surface area (Å²) in [6.45, 7) is 2.04. The Labute approximate surface area is 133 Å². The molecule has 2 rings (SSSR count). The summed E-state index contributed by atoms with van der Waals surface area (Å²) in [7, 11) is 0. The molecule has 0 bridgehead atoms. The van der Waals surface area contributed by atoms with Crippen LogP contribution in [-0.2, 0) is 6.42 Å². The Hall–Kier alpha value is -2.18. The zero-order valence-corrected chi connectivity index (χ0v) is 12.8. The number of halogens is 1. The van der Waals surface area contributed by atoms with Crippen LogP contribution in [0.25, 0.3) is 0 Å². The summed E-state index contributed by atoms with van der Waals surface area (Å²) in [6.07, 6.45) is 3.02. The highest BCUT2D eigenvalue weighted by atomic mass is 35.5. The smallest absolute Gasteiger partial charge is 0.319 e. The molecule has 1 atom stereocenters. The largest absolute Gasteiger partial charge is 0.387 e. The van der Waals surface area contributed by atoms with Gasteiger partial charge in [-0.25, -0.2) is 14.8 Å². The van der Waals surface area contributed by atoms with E-state index in [0.717, 1.165) is 6.42 Å². The summed E-state index contributed by atoms with van der Waals surface area (Å²) in [6, 6.07) is 6.37. The fraction of sp³-hybridized carbons (Fsp3) is 0.267. The summed E-state index contributed by atoms with van der Waals surface area (Å²) in [5.74, 6) is 0.712. The first-order valence-electron chi connectivity index (χ1n) is 6.87. The molecule has 0 radical (unpaired) electrons. The maximum atomic E-state index is 11.7. The van der Waals surface area contributed by atoms with E-state index >= 15 is 0 Å². The van der Waals surface area contributed by atoms with Crippen LogP contribution in [0.2, 0.25) is 5.02 Å². The lowest BCUT2D eigenvalue weighted by Crippen LogP contribution is -2.32. The first kappa shape index (κ1) is 16.2. The zero-order valence-electron chi connectivity index (χ0n) is 12.1. The standard InChI is InChI=1S/C15H17ClN4O2/c1-2-14-17-7-12(8-18-14)20-15(22)19-9-13(21)10-3-5-11(16)6-4-10/h3-8,13,21H,2,9H2,1H3,(H2,19,20,22). The number of benzene rings is 1. The van der Waals surface area contributed by atoms with Crippen molar-refractivity contribution in [2.75, 3.05) is 11.9 Å². The van der Waals surface area contributed by atoms with Gasteiger partial charge in [0.25, 0.3) is 0 Å². The average molecular weight is 321 g/mol. The lowest BCUT2D eigenvalue weighted by Gasteiger charge is -2.13. The number of urea groups is 1. The van der Waals surface area contributed by atoms with E-state index in [4.69, 9.17) is 11.6 Å². The van der Waals surface area contributed by atoms with Gasteiger partial charge in [0.05, 0.1) is 24.2 Å². The van der Waals surface area contributed by atoms with Crippen molar-refractivity contribution >= 4 is 23.3 Å². The third-order valence-corrected chi connectivity index (χ3v) is 3.24. The van der Waals surface area contributed by atoms with Crippen molar-refractivity contribution in [2.45, 2.75) is 19.4 Å². The van der Waals surface area contributed by atoms with Crippen LogP contribution in [0, 0.1) is 0 Å². The second-order valence-electron chi connectivity index (χ2n) is 4.64. The molecule has 0 aliphatic rings. The van der Waals surface area contributed by atoms with Crippen LogP contribution in [0.1, 0.15) is 24.4 Å². The summed E-state index contributed by atoms with van der Waals surface area (Å²) in [5, 5.41) is 15.8. The summed E-state index contributed by atoms with van der Waals surface area (Å²) >= 11 is 5.78. The predicted octanol–water partition coefficient (Wildman–Crippen LogP) is 2.55. The van der Waals surface area contributed by atoms with Gasteiger partial charge in [0.15, 0.2) is 0 Å². The number of nitrogens with one attached hydrogen (secondary N) is 2. The summed E-state index contributed by atoms with van der Waals surface area (Å²) < 4.78 is 0. The number of carbonyl (C=O) groups is 1. The van der Waals surface area contributed by atoms with Gasteiger partial charge in [-0.3, -0.25) is 0 Å². The average Bonchev–Trinajstić information content (AvgIpc) is 2.54. The van der Waals surface area contributed by atoms with Crippen molar-refractivity contribution in [3.05, 3.63) is 53.1 Å². The van der Waals surface area contributed by atoms with Crippen molar-refractivity contribution in [1.82, 2.24) is 15.3 Å². The number of aromatic nitrogens is 2. The Bertz CT molecular complexity index is 616. The molecular weight excluding hydrogens is 304 g/mol. The minimum absolute atomic E-state index is 0.0847. The second-order valence-corrected chi connectivity index (χ2v) is 5.08. The van der Waals surface area contributed by atoms with Gasteiger partial charge in [0.2, 0.25) is 0 Å². The zero-order chi connectivity index (χ0) is 15.9. The lowest BCUT2D eigenvalue weighted by atomic mass is 10.1. The number of hydrogen-bond donors (Lipinski definition) is 3. The van der Waals surface area contributed by atoms with Crippen molar-refractivity contribution in [1.29, 1.82) is 0 Å². The number of aryl methyl sites for hydroxylation is 1. The van der Waals surface area contributed by atoms with E-state index in [1.807, 2.05) is 6.92 Å². The number of hydrogen-bond acceptors (Lipinski definition) is 4. The third kappa shape index (κ3) is 4.68. The maximum Gasteiger partial charge on any atom is 0.319 e. The minimum Gasteiger partial charge on any atom is -0.387 e. The molecule has 1 aromatic heterocycles. The molecule has 1 aromatic carbocycles. The Morgan fingerprint density at radius 2 is 1.91 bits per heavy atom.